The van der Waals surface area contributed by atoms with Gasteiger partial charge in [0.05, 0.1) is 5.69 Å². The van der Waals surface area contributed by atoms with Gasteiger partial charge in [0.1, 0.15) is 13.2 Å². The van der Waals surface area contributed by atoms with Gasteiger partial charge in [-0.25, -0.2) is 0 Å². The highest BCUT2D eigenvalue weighted by Gasteiger charge is 2.47. The molecule has 0 radical (unpaired) electrons. The smallest absolute Gasteiger partial charge is 0.252 e. The van der Waals surface area contributed by atoms with Crippen molar-refractivity contribution in [2.75, 3.05) is 23.0 Å². The minimum absolute atomic E-state index is 0.0116. The van der Waals surface area contributed by atoms with Gasteiger partial charge >= 0.3 is 0 Å². The third-order valence-corrected chi connectivity index (χ3v) is 14.9. The predicted octanol–water partition coefficient (Wildman–Crippen LogP) is 11.8. The maximum Gasteiger partial charge on any atom is 0.252 e. The zero-order valence-electron chi connectivity index (χ0n) is 37.0. The van der Waals surface area contributed by atoms with Crippen molar-refractivity contribution in [1.29, 1.82) is 0 Å². The number of anilines is 6. The second-order valence-corrected chi connectivity index (χ2v) is 21.9. The standard InChI is InChI=1S/C53H61BN2O2/c1-32-25-44-48-45(26-32)56(34-14-16-36-37(28-34)51(7,8)20-19-50(36,5)6)43-31-39-38(52(9,10)21-22-53(39,11)12)30-41(43)54(48)40-27-33(49(2,3)4)13-17-42(40)55(44)35-15-18-46-47(29-35)58-24-23-57-46/h13-18,25-31H,19-24H2,1-12H3. The third kappa shape index (κ3) is 5.54. The molecule has 5 aromatic carbocycles. The highest BCUT2D eigenvalue weighted by Crippen LogP contribution is 2.53. The molecule has 5 aliphatic rings. The Morgan fingerprint density at radius 2 is 1.02 bits per heavy atom. The fraction of sp³-hybridized carbons (Fsp3) is 0.434. The van der Waals surface area contributed by atoms with Gasteiger partial charge < -0.3 is 19.3 Å². The van der Waals surface area contributed by atoms with Gasteiger partial charge in [-0.15, -0.1) is 0 Å². The summed E-state index contributed by atoms with van der Waals surface area (Å²) in [5, 5.41) is 0. The largest absolute Gasteiger partial charge is 0.486 e. The molecule has 58 heavy (non-hydrogen) atoms. The zero-order valence-corrected chi connectivity index (χ0v) is 37.0. The molecule has 10 rings (SSSR count). The number of fused-ring (bicyclic) bond motifs is 7. The lowest BCUT2D eigenvalue weighted by molar-refractivity contribution is 0.171. The van der Waals surface area contributed by atoms with Crippen molar-refractivity contribution in [3.63, 3.8) is 0 Å². The molecule has 0 N–H and O–H groups in total. The van der Waals surface area contributed by atoms with Gasteiger partial charge in [-0.05, 0) is 158 Å². The number of nitrogens with zero attached hydrogens (tertiary/aromatic N) is 2. The molecular weight excluding hydrogens is 707 g/mol. The fourth-order valence-corrected chi connectivity index (χ4v) is 11.1. The average molecular weight is 769 g/mol. The molecule has 5 aromatic rings. The van der Waals surface area contributed by atoms with E-state index in [0.29, 0.717) is 13.2 Å². The van der Waals surface area contributed by atoms with Gasteiger partial charge in [-0.3, -0.25) is 0 Å². The van der Waals surface area contributed by atoms with Crippen LogP contribution in [0.1, 0.15) is 135 Å². The number of benzene rings is 5. The molecule has 0 fully saturated rings. The molecule has 0 amide bonds. The summed E-state index contributed by atoms with van der Waals surface area (Å²) in [6.45, 7) is 30.2. The molecule has 0 spiro atoms. The molecule has 0 unspecified atom stereocenters. The van der Waals surface area contributed by atoms with E-state index in [1.54, 1.807) is 0 Å². The molecule has 0 saturated heterocycles. The van der Waals surface area contributed by atoms with E-state index in [2.05, 4.69) is 172 Å². The molecule has 0 aromatic heterocycles. The first-order valence-electron chi connectivity index (χ1n) is 21.9. The number of rotatable bonds is 2. The number of hydrogen-bond donors (Lipinski definition) is 0. The van der Waals surface area contributed by atoms with Crippen LogP contribution in [0, 0.1) is 6.92 Å². The van der Waals surface area contributed by atoms with Crippen LogP contribution in [0.3, 0.4) is 0 Å². The van der Waals surface area contributed by atoms with Crippen LogP contribution in [-0.4, -0.2) is 19.9 Å². The second kappa shape index (κ2) is 12.2. The third-order valence-electron chi connectivity index (χ3n) is 14.9. The summed E-state index contributed by atoms with van der Waals surface area (Å²) in [4.78, 5) is 5.17. The Kier molecular flexibility index (Phi) is 7.92. The van der Waals surface area contributed by atoms with E-state index in [1.165, 1.54) is 104 Å². The van der Waals surface area contributed by atoms with Crippen LogP contribution in [0.5, 0.6) is 11.5 Å². The van der Waals surface area contributed by atoms with E-state index >= 15 is 0 Å². The summed E-state index contributed by atoms with van der Waals surface area (Å²) in [6, 6.07) is 31.4. The molecule has 5 heteroatoms. The van der Waals surface area contributed by atoms with E-state index in [9.17, 15) is 0 Å². The van der Waals surface area contributed by atoms with E-state index in [1.807, 2.05) is 0 Å². The lowest BCUT2D eigenvalue weighted by Gasteiger charge is -2.48. The first-order valence-corrected chi connectivity index (χ1v) is 21.9. The SMILES string of the molecule is Cc1cc2c3c(c1)N(c1ccc4c(c1)C(C)(C)CCC4(C)C)c1cc4c(cc1B3c1cc(C(C)(C)C)ccc1N2c1ccc2c(c1)OCCO2)C(C)(C)CCC4(C)C. The fourth-order valence-electron chi connectivity index (χ4n) is 11.1. The Morgan fingerprint density at radius 3 is 1.66 bits per heavy atom. The quantitative estimate of drug-likeness (QED) is 0.164. The van der Waals surface area contributed by atoms with Crippen LogP contribution < -0.4 is 35.7 Å². The summed E-state index contributed by atoms with van der Waals surface area (Å²) in [7, 11) is 0. The van der Waals surface area contributed by atoms with Gasteiger partial charge in [-0.1, -0.05) is 100 Å². The van der Waals surface area contributed by atoms with Crippen LogP contribution >= 0.6 is 0 Å². The van der Waals surface area contributed by atoms with Crippen molar-refractivity contribution in [3.8, 4) is 11.5 Å². The Balaban J connectivity index is 1.31. The van der Waals surface area contributed by atoms with Crippen LogP contribution in [0.2, 0.25) is 0 Å². The lowest BCUT2D eigenvalue weighted by atomic mass is 9.33. The Hall–Kier alpha value is -4.64. The summed E-state index contributed by atoms with van der Waals surface area (Å²) in [5.74, 6) is 1.62. The van der Waals surface area contributed by atoms with Gasteiger partial charge in [0.15, 0.2) is 11.5 Å². The Bertz CT molecular complexity index is 2550. The maximum atomic E-state index is 6.22. The normalized spacial score (nSPS) is 20.0. The number of aryl methyl sites for hydroxylation is 1. The molecule has 3 heterocycles. The van der Waals surface area contributed by atoms with Crippen molar-refractivity contribution < 1.29 is 9.47 Å². The van der Waals surface area contributed by atoms with E-state index in [-0.39, 0.29) is 33.8 Å². The Labute approximate surface area is 348 Å². The van der Waals surface area contributed by atoms with Gasteiger partial charge in [0.25, 0.3) is 6.71 Å². The zero-order chi connectivity index (χ0) is 40.9. The first-order chi connectivity index (χ1) is 27.2. The van der Waals surface area contributed by atoms with E-state index in [4.69, 9.17) is 9.47 Å². The monoisotopic (exact) mass is 768 g/mol. The predicted molar refractivity (Wildman–Crippen MR) is 245 cm³/mol. The highest BCUT2D eigenvalue weighted by atomic mass is 16.6. The van der Waals surface area contributed by atoms with Crippen molar-refractivity contribution in [3.05, 3.63) is 112 Å². The van der Waals surface area contributed by atoms with Crippen LogP contribution in [0.25, 0.3) is 0 Å². The molecule has 0 saturated carbocycles. The van der Waals surface area contributed by atoms with E-state index in [0.717, 1.165) is 17.2 Å². The second-order valence-electron chi connectivity index (χ2n) is 21.9. The minimum Gasteiger partial charge on any atom is -0.486 e. The molecule has 2 aliphatic carbocycles. The summed E-state index contributed by atoms with van der Waals surface area (Å²) >= 11 is 0. The van der Waals surface area contributed by atoms with E-state index < -0.39 is 0 Å². The lowest BCUT2D eigenvalue weighted by Crippen LogP contribution is -2.62. The number of ether oxygens (including phenoxy) is 2. The van der Waals surface area contributed by atoms with Gasteiger partial charge in [0, 0.05) is 34.5 Å². The Morgan fingerprint density at radius 1 is 0.500 bits per heavy atom. The number of hydrogen-bond acceptors (Lipinski definition) is 4. The van der Waals surface area contributed by atoms with Gasteiger partial charge in [-0.2, -0.15) is 0 Å². The highest BCUT2D eigenvalue weighted by molar-refractivity contribution is 7.00. The molecule has 4 nitrogen and oxygen atoms in total. The first kappa shape index (κ1) is 37.6. The van der Waals surface area contributed by atoms with Crippen molar-refractivity contribution in [2.24, 2.45) is 0 Å². The average Bonchev–Trinajstić information content (AvgIpc) is 3.17. The van der Waals surface area contributed by atoms with Crippen LogP contribution in [-0.2, 0) is 27.1 Å². The summed E-state index contributed by atoms with van der Waals surface area (Å²) in [6.07, 6.45) is 4.75. The topological polar surface area (TPSA) is 24.9 Å². The van der Waals surface area contributed by atoms with Gasteiger partial charge in [0.2, 0.25) is 0 Å². The minimum atomic E-state index is -0.0116. The summed E-state index contributed by atoms with van der Waals surface area (Å²) < 4.78 is 12.3. The maximum absolute atomic E-state index is 6.22. The summed E-state index contributed by atoms with van der Waals surface area (Å²) in [5.41, 5.74) is 20.5. The molecule has 0 bridgehead atoms. The van der Waals surface area contributed by atoms with Crippen molar-refractivity contribution in [2.45, 2.75) is 136 Å². The van der Waals surface area contributed by atoms with Crippen LogP contribution in [0.15, 0.2) is 78.9 Å². The van der Waals surface area contributed by atoms with Crippen molar-refractivity contribution in [1.82, 2.24) is 0 Å². The van der Waals surface area contributed by atoms with Crippen molar-refractivity contribution >= 4 is 57.2 Å². The molecular formula is C53H61BN2O2. The molecule has 3 aliphatic heterocycles. The molecule has 298 valence electrons. The molecule has 0 atom stereocenters. The van der Waals surface area contributed by atoms with Crippen LogP contribution in [0.4, 0.5) is 34.1 Å².